The fourth-order valence-electron chi connectivity index (χ4n) is 3.54. The number of benzene rings is 2. The van der Waals surface area contributed by atoms with E-state index in [1.54, 1.807) is 24.3 Å². The Labute approximate surface area is 203 Å². The van der Waals surface area contributed by atoms with E-state index in [2.05, 4.69) is 10.1 Å². The van der Waals surface area contributed by atoms with Crippen LogP contribution in [0.4, 0.5) is 0 Å². The second-order valence-corrected chi connectivity index (χ2v) is 8.19. The van der Waals surface area contributed by atoms with E-state index >= 15 is 0 Å². The lowest BCUT2D eigenvalue weighted by atomic mass is 10.0. The number of esters is 1. The lowest BCUT2D eigenvalue weighted by molar-refractivity contribution is -0.163. The Balaban J connectivity index is 2.41. The van der Waals surface area contributed by atoms with Crippen molar-refractivity contribution in [3.8, 4) is 5.75 Å². The third-order valence-corrected chi connectivity index (χ3v) is 5.38. The van der Waals surface area contributed by atoms with Crippen molar-refractivity contribution in [1.82, 2.24) is 10.2 Å². The van der Waals surface area contributed by atoms with E-state index in [-0.39, 0.29) is 18.6 Å². The number of amides is 3. The largest absolute Gasteiger partial charge is 0.508 e. The highest BCUT2D eigenvalue weighted by atomic mass is 16.5. The minimum Gasteiger partial charge on any atom is -0.508 e. The van der Waals surface area contributed by atoms with Crippen LogP contribution < -0.4 is 11.1 Å². The maximum Gasteiger partial charge on any atom is 0.331 e. The van der Waals surface area contributed by atoms with Crippen molar-refractivity contribution in [3.05, 3.63) is 65.2 Å². The molecule has 0 radical (unpaired) electrons. The molecule has 0 saturated carbocycles. The number of ether oxygens (including phenoxy) is 1. The van der Waals surface area contributed by atoms with Crippen LogP contribution in [0.3, 0.4) is 0 Å². The molecule has 10 nitrogen and oxygen atoms in total. The van der Waals surface area contributed by atoms with Gasteiger partial charge in [-0.1, -0.05) is 42.0 Å². The Kier molecular flexibility index (Phi) is 9.92. The quantitative estimate of drug-likeness (QED) is 0.348. The van der Waals surface area contributed by atoms with Gasteiger partial charge in [0, 0.05) is 13.3 Å². The number of rotatable bonds is 10. The first-order valence-electron chi connectivity index (χ1n) is 11.0. The Morgan fingerprint density at radius 1 is 0.971 bits per heavy atom. The molecule has 2 aromatic carbocycles. The van der Waals surface area contributed by atoms with Crippen LogP contribution in [-0.4, -0.2) is 70.6 Å². The van der Waals surface area contributed by atoms with Gasteiger partial charge in [-0.2, -0.15) is 0 Å². The number of carbonyl (C=O) groups excluding carboxylic acids is 4. The number of aryl methyl sites for hydroxylation is 1. The van der Waals surface area contributed by atoms with Crippen molar-refractivity contribution in [2.75, 3.05) is 13.7 Å². The molecule has 0 aliphatic carbocycles. The number of methoxy groups -OCH3 is 1. The van der Waals surface area contributed by atoms with Gasteiger partial charge in [0.15, 0.2) is 6.04 Å². The molecule has 35 heavy (non-hydrogen) atoms. The van der Waals surface area contributed by atoms with Crippen molar-refractivity contribution in [3.63, 3.8) is 0 Å². The summed E-state index contributed by atoms with van der Waals surface area (Å²) in [6, 6.07) is 9.10. The minimum atomic E-state index is -1.65. The number of aromatic hydroxyl groups is 1. The van der Waals surface area contributed by atoms with E-state index < -0.39 is 48.4 Å². The van der Waals surface area contributed by atoms with Gasteiger partial charge in [0.05, 0.1) is 19.8 Å². The molecule has 0 aliphatic rings. The average molecular weight is 486 g/mol. The Morgan fingerprint density at radius 3 is 2.03 bits per heavy atom. The van der Waals surface area contributed by atoms with Crippen molar-refractivity contribution in [2.45, 2.75) is 44.8 Å². The van der Waals surface area contributed by atoms with Crippen LogP contribution >= 0.6 is 0 Å². The first-order chi connectivity index (χ1) is 16.6. The van der Waals surface area contributed by atoms with Gasteiger partial charge in [-0.3, -0.25) is 19.3 Å². The summed E-state index contributed by atoms with van der Waals surface area (Å²) < 4.78 is 4.69. The molecule has 10 heteroatoms. The standard InChI is InChI=1S/C25H31N3O7/c1-15-4-6-17(7-5-15)12-20(26)23(32)28(22(14-29)25(34)35-3)24(33)21(27-16(2)30)13-18-8-10-19(31)11-9-18/h4-11,20-22,29,31H,12-14,26H2,1-3H3,(H,27,30)/t20-,21-,22-/m0/s1. The van der Waals surface area contributed by atoms with Gasteiger partial charge in [-0.05, 0) is 36.6 Å². The van der Waals surface area contributed by atoms with E-state index in [9.17, 15) is 29.4 Å². The molecule has 2 rings (SSSR count). The van der Waals surface area contributed by atoms with Crippen LogP contribution in [0.5, 0.6) is 5.75 Å². The average Bonchev–Trinajstić information content (AvgIpc) is 2.83. The summed E-state index contributed by atoms with van der Waals surface area (Å²) in [5.74, 6) is -3.37. The highest BCUT2D eigenvalue weighted by molar-refractivity contribution is 6.04. The van der Waals surface area contributed by atoms with E-state index in [1.165, 1.54) is 19.1 Å². The Bertz CT molecular complexity index is 1040. The van der Waals surface area contributed by atoms with E-state index in [4.69, 9.17) is 5.73 Å². The van der Waals surface area contributed by atoms with Gasteiger partial charge in [-0.15, -0.1) is 0 Å². The molecular formula is C25H31N3O7. The lowest BCUT2D eigenvalue weighted by Gasteiger charge is -2.32. The summed E-state index contributed by atoms with van der Waals surface area (Å²) in [4.78, 5) is 51.8. The molecule has 0 aliphatic heterocycles. The summed E-state index contributed by atoms with van der Waals surface area (Å²) in [6.45, 7) is 2.22. The van der Waals surface area contributed by atoms with Crippen LogP contribution in [-0.2, 0) is 36.8 Å². The molecule has 0 fully saturated rings. The summed E-state index contributed by atoms with van der Waals surface area (Å²) >= 11 is 0. The first kappa shape index (κ1) is 27.5. The van der Waals surface area contributed by atoms with Gasteiger partial charge >= 0.3 is 5.97 Å². The molecule has 2 aromatic rings. The number of nitrogens with zero attached hydrogens (tertiary/aromatic N) is 1. The zero-order valence-electron chi connectivity index (χ0n) is 19.9. The maximum absolute atomic E-state index is 13.6. The zero-order valence-corrected chi connectivity index (χ0v) is 19.9. The number of hydrogen-bond donors (Lipinski definition) is 4. The van der Waals surface area contributed by atoms with E-state index in [0.717, 1.165) is 18.2 Å². The fourth-order valence-corrected chi connectivity index (χ4v) is 3.54. The molecule has 3 amide bonds. The number of phenolic OH excluding ortho intramolecular Hbond substituents is 1. The van der Waals surface area contributed by atoms with Gasteiger partial charge in [0.2, 0.25) is 11.8 Å². The molecule has 0 unspecified atom stereocenters. The molecule has 5 N–H and O–H groups in total. The highest BCUT2D eigenvalue weighted by Gasteiger charge is 2.40. The van der Waals surface area contributed by atoms with Gasteiger partial charge in [-0.25, -0.2) is 4.79 Å². The van der Waals surface area contributed by atoms with Crippen LogP contribution in [0.1, 0.15) is 23.6 Å². The third-order valence-electron chi connectivity index (χ3n) is 5.38. The summed E-state index contributed by atoms with van der Waals surface area (Å²) in [6.07, 6.45) is 0.0278. The number of nitrogens with two attached hydrogens (primary N) is 1. The Hall–Kier alpha value is -3.76. The van der Waals surface area contributed by atoms with Crippen LogP contribution in [0.2, 0.25) is 0 Å². The second-order valence-electron chi connectivity index (χ2n) is 8.19. The molecule has 0 heterocycles. The summed E-state index contributed by atoms with van der Waals surface area (Å²) in [5.41, 5.74) is 8.47. The summed E-state index contributed by atoms with van der Waals surface area (Å²) in [5, 5.41) is 21.9. The number of nitrogens with one attached hydrogen (secondary N) is 1. The number of hydrogen-bond acceptors (Lipinski definition) is 8. The third kappa shape index (κ3) is 7.62. The minimum absolute atomic E-state index is 0.0149. The van der Waals surface area contributed by atoms with E-state index in [0.29, 0.717) is 10.5 Å². The first-order valence-corrected chi connectivity index (χ1v) is 11.0. The SMILES string of the molecule is COC(=O)[C@H](CO)N(C(=O)[C@H](Cc1ccc(O)cc1)NC(C)=O)C(=O)[C@@H](N)Cc1ccc(C)cc1. The molecule has 0 saturated heterocycles. The molecular weight excluding hydrogens is 454 g/mol. The van der Waals surface area contributed by atoms with Crippen molar-refractivity contribution < 1.29 is 34.1 Å². The van der Waals surface area contributed by atoms with Crippen molar-refractivity contribution in [2.24, 2.45) is 5.73 Å². The van der Waals surface area contributed by atoms with Gasteiger partial charge in [0.25, 0.3) is 5.91 Å². The normalized spacial score (nSPS) is 13.3. The number of imide groups is 1. The monoisotopic (exact) mass is 485 g/mol. The predicted molar refractivity (Wildman–Crippen MR) is 127 cm³/mol. The van der Waals surface area contributed by atoms with Gasteiger partial charge in [0.1, 0.15) is 11.8 Å². The number of aliphatic hydroxyl groups excluding tert-OH is 1. The predicted octanol–water partition coefficient (Wildman–Crippen LogP) is 0.207. The lowest BCUT2D eigenvalue weighted by Crippen LogP contribution is -2.61. The highest BCUT2D eigenvalue weighted by Crippen LogP contribution is 2.16. The maximum atomic E-state index is 13.6. The molecule has 0 aromatic heterocycles. The van der Waals surface area contributed by atoms with Gasteiger partial charge < -0.3 is 26.0 Å². The fraction of sp³-hybridized carbons (Fsp3) is 0.360. The van der Waals surface area contributed by atoms with E-state index in [1.807, 2.05) is 19.1 Å². The van der Waals surface area contributed by atoms with Crippen LogP contribution in [0, 0.1) is 6.92 Å². The Morgan fingerprint density at radius 2 is 1.51 bits per heavy atom. The van der Waals surface area contributed by atoms with Crippen LogP contribution in [0.25, 0.3) is 0 Å². The number of phenols is 1. The number of carbonyl (C=O) groups is 4. The second kappa shape index (κ2) is 12.6. The number of aliphatic hydroxyl groups is 1. The molecule has 188 valence electrons. The van der Waals surface area contributed by atoms with Crippen molar-refractivity contribution in [1.29, 1.82) is 0 Å². The zero-order chi connectivity index (χ0) is 26.1. The molecule has 3 atom stereocenters. The van der Waals surface area contributed by atoms with Crippen molar-refractivity contribution >= 4 is 23.7 Å². The van der Waals surface area contributed by atoms with Crippen LogP contribution in [0.15, 0.2) is 48.5 Å². The molecule has 0 bridgehead atoms. The molecule has 0 spiro atoms. The topological polar surface area (TPSA) is 159 Å². The summed E-state index contributed by atoms with van der Waals surface area (Å²) in [7, 11) is 1.06. The smallest absolute Gasteiger partial charge is 0.331 e.